The van der Waals surface area contributed by atoms with Crippen molar-refractivity contribution < 1.29 is 28.7 Å². The smallest absolute Gasteiger partial charge is 0.339 e. The fraction of sp³-hybridized carbons (Fsp3) is 0.278. The van der Waals surface area contributed by atoms with Gasteiger partial charge in [-0.1, -0.05) is 21.6 Å². The molecule has 0 spiro atoms. The minimum Gasteiger partial charge on any atom is -0.462 e. The van der Waals surface area contributed by atoms with Crippen molar-refractivity contribution in [2.75, 3.05) is 24.7 Å². The summed E-state index contributed by atoms with van der Waals surface area (Å²) in [4.78, 5) is 79.5. The lowest BCUT2D eigenvalue weighted by atomic mass is 10.2. The highest BCUT2D eigenvalue weighted by molar-refractivity contribution is 8.79. The Balaban J connectivity index is 1.64. The summed E-state index contributed by atoms with van der Waals surface area (Å²) in [6.07, 6.45) is 10.8. The molecule has 2 amide bonds. The van der Waals surface area contributed by atoms with E-state index in [1.54, 1.807) is 76.7 Å². The number of allylic oxidation sites excluding steroid dienone is 2. The van der Waals surface area contributed by atoms with Gasteiger partial charge >= 0.3 is 11.9 Å². The molecular formula is C36H40N10O6S2. The van der Waals surface area contributed by atoms with E-state index in [9.17, 15) is 19.2 Å². The number of aryl methyl sites for hydroxylation is 2. The van der Waals surface area contributed by atoms with Gasteiger partial charge in [-0.05, 0) is 52.0 Å². The van der Waals surface area contributed by atoms with Gasteiger partial charge in [-0.25, -0.2) is 29.5 Å². The van der Waals surface area contributed by atoms with Crippen LogP contribution in [0.1, 0.15) is 70.2 Å². The molecule has 0 atom stereocenters. The Labute approximate surface area is 320 Å². The van der Waals surface area contributed by atoms with Crippen LogP contribution in [0, 0.1) is 13.8 Å². The second-order valence-corrected chi connectivity index (χ2v) is 13.9. The van der Waals surface area contributed by atoms with Crippen LogP contribution < -0.4 is 11.5 Å². The number of pyridine rings is 2. The van der Waals surface area contributed by atoms with Crippen LogP contribution in [0.4, 0.5) is 11.6 Å². The Morgan fingerprint density at radius 2 is 1.11 bits per heavy atom. The largest absolute Gasteiger partial charge is 0.462 e. The molecule has 4 rings (SSSR count). The summed E-state index contributed by atoms with van der Waals surface area (Å²) in [6, 6.07) is 6.46. The molecule has 4 aromatic rings. The van der Waals surface area contributed by atoms with Gasteiger partial charge in [-0.15, -0.1) is 0 Å². The van der Waals surface area contributed by atoms with Crippen LogP contribution in [0.5, 0.6) is 0 Å². The Bertz CT molecular complexity index is 1860. The van der Waals surface area contributed by atoms with E-state index in [0.29, 0.717) is 67.9 Å². The first-order valence-electron chi connectivity index (χ1n) is 16.5. The van der Waals surface area contributed by atoms with E-state index in [1.165, 1.54) is 43.8 Å². The van der Waals surface area contributed by atoms with Gasteiger partial charge in [0.05, 0.1) is 37.4 Å². The maximum Gasteiger partial charge on any atom is 0.339 e. The van der Waals surface area contributed by atoms with Gasteiger partial charge in [0, 0.05) is 82.4 Å². The molecule has 0 fully saturated rings. The van der Waals surface area contributed by atoms with E-state index in [4.69, 9.17) is 20.9 Å². The highest BCUT2D eigenvalue weighted by Crippen LogP contribution is 2.43. The van der Waals surface area contributed by atoms with Gasteiger partial charge in [0.2, 0.25) is 12.8 Å². The second-order valence-electron chi connectivity index (χ2n) is 11.6. The zero-order chi connectivity index (χ0) is 39.0. The first kappa shape index (κ1) is 40.9. The SMILES string of the molecule is CC(=C(CCOC(=O)c1cccnc1)SSC(CCOC(=O)c1cccnc1)=C(C)N(C=O)Cc1cnc(C)nc1N)N(C=O)Cc1cnc(C)nc1N. The molecule has 18 heteroatoms. The third-order valence-electron chi connectivity index (χ3n) is 7.80. The molecular weight excluding hydrogens is 733 g/mol. The average Bonchev–Trinajstić information content (AvgIpc) is 3.17. The number of rotatable bonds is 19. The fourth-order valence-corrected chi connectivity index (χ4v) is 7.54. The molecule has 0 saturated carbocycles. The van der Waals surface area contributed by atoms with E-state index < -0.39 is 11.9 Å². The maximum absolute atomic E-state index is 12.7. The van der Waals surface area contributed by atoms with E-state index in [0.717, 1.165) is 0 Å². The number of hydrogen-bond acceptors (Lipinski definition) is 16. The van der Waals surface area contributed by atoms with Crippen molar-refractivity contribution in [3.8, 4) is 0 Å². The van der Waals surface area contributed by atoms with Crippen molar-refractivity contribution in [1.82, 2.24) is 39.7 Å². The van der Waals surface area contributed by atoms with Crippen molar-refractivity contribution in [2.24, 2.45) is 0 Å². The van der Waals surface area contributed by atoms with Crippen molar-refractivity contribution >= 4 is 58.0 Å². The van der Waals surface area contributed by atoms with Gasteiger partial charge in [-0.2, -0.15) is 0 Å². The van der Waals surface area contributed by atoms with E-state index in [1.807, 2.05) is 0 Å². The zero-order valence-electron chi connectivity index (χ0n) is 30.2. The summed E-state index contributed by atoms with van der Waals surface area (Å²) in [7, 11) is 2.60. The molecule has 282 valence electrons. The predicted octanol–water partition coefficient (Wildman–Crippen LogP) is 4.79. The van der Waals surface area contributed by atoms with Crippen LogP contribution in [-0.4, -0.2) is 77.7 Å². The number of esters is 2. The van der Waals surface area contributed by atoms with Gasteiger partial charge in [0.15, 0.2) is 0 Å². The lowest BCUT2D eigenvalue weighted by Crippen LogP contribution is -2.22. The highest BCUT2D eigenvalue weighted by Gasteiger charge is 2.20. The summed E-state index contributed by atoms with van der Waals surface area (Å²) in [5, 5.41) is 0. The normalized spacial score (nSPS) is 11.9. The van der Waals surface area contributed by atoms with Gasteiger partial charge < -0.3 is 30.7 Å². The lowest BCUT2D eigenvalue weighted by Gasteiger charge is -2.24. The monoisotopic (exact) mass is 772 g/mol. The molecule has 4 N–H and O–H groups in total. The van der Waals surface area contributed by atoms with E-state index >= 15 is 0 Å². The summed E-state index contributed by atoms with van der Waals surface area (Å²) in [5.41, 5.74) is 15.1. The van der Waals surface area contributed by atoms with Crippen LogP contribution >= 0.6 is 21.6 Å². The number of amides is 2. The number of carbonyl (C=O) groups excluding carboxylic acids is 4. The molecule has 0 aromatic carbocycles. The molecule has 4 heterocycles. The second kappa shape index (κ2) is 20.4. The summed E-state index contributed by atoms with van der Waals surface area (Å²) in [6.45, 7) is 7.06. The predicted molar refractivity (Wildman–Crippen MR) is 204 cm³/mol. The standard InChI is InChI=1S/C36H40N10O6S2/c1-23(45(21-47)19-29-17-41-25(3)43-33(29)37)31(9-13-51-35(49)27-7-5-11-39-15-27)53-54-32(10-14-52-36(50)28-8-6-12-40-16-28)24(2)46(22-48)20-30-18-42-26(4)44-34(30)38/h5-8,11-12,15-18,21-22H,9-10,13-14,19-20H2,1-4H3,(H2,37,41,43)(H2,38,42,44). The summed E-state index contributed by atoms with van der Waals surface area (Å²) in [5.74, 6) is 0.363. The number of nitrogens with zero attached hydrogens (tertiary/aromatic N) is 8. The molecule has 16 nitrogen and oxygen atoms in total. The third-order valence-corrected chi connectivity index (χ3v) is 10.7. The molecule has 54 heavy (non-hydrogen) atoms. The number of hydrogen-bond donors (Lipinski definition) is 2. The van der Waals surface area contributed by atoms with Crippen molar-refractivity contribution in [3.63, 3.8) is 0 Å². The van der Waals surface area contributed by atoms with Crippen molar-refractivity contribution in [1.29, 1.82) is 0 Å². The quantitative estimate of drug-likeness (QED) is 0.0742. The minimum absolute atomic E-state index is 0.0235. The number of aromatic nitrogens is 6. The minimum atomic E-state index is -0.553. The first-order valence-corrected chi connectivity index (χ1v) is 18.6. The average molecular weight is 773 g/mol. The Kier molecular flexibility index (Phi) is 15.4. The fourth-order valence-electron chi connectivity index (χ4n) is 4.70. The highest BCUT2D eigenvalue weighted by atomic mass is 33.1. The molecule has 0 radical (unpaired) electrons. The number of carbonyl (C=O) groups is 4. The van der Waals surface area contributed by atoms with Gasteiger partial charge in [0.25, 0.3) is 0 Å². The van der Waals surface area contributed by atoms with E-state index in [-0.39, 0.29) is 50.8 Å². The van der Waals surface area contributed by atoms with Crippen LogP contribution in [0.25, 0.3) is 0 Å². The molecule has 0 unspecified atom stereocenters. The molecule has 0 aliphatic rings. The number of nitrogens with two attached hydrogens (primary N) is 2. The number of nitrogen functional groups attached to an aromatic ring is 2. The first-order chi connectivity index (χ1) is 26.0. The van der Waals surface area contributed by atoms with Crippen molar-refractivity contribution in [2.45, 2.75) is 53.6 Å². The van der Waals surface area contributed by atoms with Crippen molar-refractivity contribution in [3.05, 3.63) is 117 Å². The Morgan fingerprint density at radius 3 is 1.44 bits per heavy atom. The molecule has 4 aromatic heterocycles. The molecule has 0 aliphatic carbocycles. The van der Waals surface area contributed by atoms with Crippen LogP contribution in [0.3, 0.4) is 0 Å². The topological polar surface area (TPSA) is 223 Å². The summed E-state index contributed by atoms with van der Waals surface area (Å²) < 4.78 is 11.1. The number of ether oxygens (including phenoxy) is 2. The van der Waals surface area contributed by atoms with Crippen LogP contribution in [0.2, 0.25) is 0 Å². The molecule has 0 bridgehead atoms. The van der Waals surface area contributed by atoms with Gasteiger partial charge in [0.1, 0.15) is 23.3 Å². The van der Waals surface area contributed by atoms with E-state index in [2.05, 4.69) is 29.9 Å². The Hall–Kier alpha value is -5.88. The zero-order valence-corrected chi connectivity index (χ0v) is 31.8. The maximum atomic E-state index is 12.7. The van der Waals surface area contributed by atoms with Crippen LogP contribution in [0.15, 0.2) is 82.7 Å². The summed E-state index contributed by atoms with van der Waals surface area (Å²) >= 11 is 0. The molecule has 0 saturated heterocycles. The Morgan fingerprint density at radius 1 is 0.704 bits per heavy atom. The lowest BCUT2D eigenvalue weighted by molar-refractivity contribution is -0.117. The van der Waals surface area contributed by atoms with Crippen LogP contribution in [-0.2, 0) is 32.2 Å². The van der Waals surface area contributed by atoms with Gasteiger partial charge in [-0.3, -0.25) is 19.6 Å². The number of anilines is 2. The third kappa shape index (κ3) is 11.8. The molecule has 0 aliphatic heterocycles.